The van der Waals surface area contributed by atoms with Crippen molar-refractivity contribution in [1.82, 2.24) is 20.2 Å². The SMILES string of the molecule is CCCNc1nnc(CSc2nc(N)cc(N)n2)s1. The molecule has 0 aliphatic heterocycles. The van der Waals surface area contributed by atoms with E-state index in [0.717, 1.165) is 23.1 Å². The summed E-state index contributed by atoms with van der Waals surface area (Å²) in [5, 5.41) is 13.6. The van der Waals surface area contributed by atoms with E-state index in [0.29, 0.717) is 22.5 Å². The molecular weight excluding hydrogens is 282 g/mol. The van der Waals surface area contributed by atoms with Crippen molar-refractivity contribution in [2.75, 3.05) is 23.3 Å². The fraction of sp³-hybridized carbons (Fsp3) is 0.400. The van der Waals surface area contributed by atoms with Crippen molar-refractivity contribution >= 4 is 39.9 Å². The summed E-state index contributed by atoms with van der Waals surface area (Å²) in [6.45, 7) is 3.00. The number of aromatic nitrogens is 4. The Hall–Kier alpha value is -1.61. The molecule has 0 fully saturated rings. The van der Waals surface area contributed by atoms with E-state index >= 15 is 0 Å². The molecule has 0 aliphatic carbocycles. The first kappa shape index (κ1) is 13.8. The summed E-state index contributed by atoms with van der Waals surface area (Å²) in [4.78, 5) is 8.19. The minimum Gasteiger partial charge on any atom is -0.383 e. The van der Waals surface area contributed by atoms with E-state index in [9.17, 15) is 0 Å². The molecule has 0 saturated heterocycles. The van der Waals surface area contributed by atoms with Crippen LogP contribution >= 0.6 is 23.1 Å². The third-order valence-electron chi connectivity index (χ3n) is 2.06. The van der Waals surface area contributed by atoms with Crippen molar-refractivity contribution in [3.8, 4) is 0 Å². The second kappa shape index (κ2) is 6.53. The van der Waals surface area contributed by atoms with Crippen LogP contribution in [0, 0.1) is 0 Å². The maximum absolute atomic E-state index is 5.61. The molecule has 0 amide bonds. The van der Waals surface area contributed by atoms with Crippen molar-refractivity contribution in [2.45, 2.75) is 24.3 Å². The molecule has 102 valence electrons. The summed E-state index contributed by atoms with van der Waals surface area (Å²) in [5.41, 5.74) is 11.2. The van der Waals surface area contributed by atoms with Gasteiger partial charge in [0.15, 0.2) is 5.16 Å². The Morgan fingerprint density at radius 2 is 2.00 bits per heavy atom. The molecule has 0 unspecified atom stereocenters. The molecule has 0 atom stereocenters. The molecule has 2 aromatic heterocycles. The maximum atomic E-state index is 5.61. The molecule has 2 rings (SSSR count). The van der Waals surface area contributed by atoms with Crippen LogP contribution in [0.15, 0.2) is 11.2 Å². The van der Waals surface area contributed by atoms with Gasteiger partial charge < -0.3 is 16.8 Å². The normalized spacial score (nSPS) is 10.6. The summed E-state index contributed by atoms with van der Waals surface area (Å²) in [6, 6.07) is 1.53. The quantitative estimate of drug-likeness (QED) is 0.544. The molecule has 0 bridgehead atoms. The monoisotopic (exact) mass is 297 g/mol. The maximum Gasteiger partial charge on any atom is 0.205 e. The highest BCUT2D eigenvalue weighted by Crippen LogP contribution is 2.24. The largest absolute Gasteiger partial charge is 0.383 e. The minimum absolute atomic E-state index is 0.373. The second-order valence-electron chi connectivity index (χ2n) is 3.72. The first-order chi connectivity index (χ1) is 9.17. The van der Waals surface area contributed by atoms with Gasteiger partial charge in [-0.1, -0.05) is 30.0 Å². The highest BCUT2D eigenvalue weighted by molar-refractivity contribution is 7.98. The topological polar surface area (TPSA) is 116 Å². The molecule has 19 heavy (non-hydrogen) atoms. The van der Waals surface area contributed by atoms with Gasteiger partial charge in [0.1, 0.15) is 16.6 Å². The zero-order valence-electron chi connectivity index (χ0n) is 10.5. The predicted molar refractivity (Wildman–Crippen MR) is 79.1 cm³/mol. The molecule has 0 aromatic carbocycles. The number of nitrogens with two attached hydrogens (primary N) is 2. The fourth-order valence-corrected chi connectivity index (χ4v) is 2.89. The van der Waals surface area contributed by atoms with Gasteiger partial charge in [-0.05, 0) is 6.42 Å². The number of thioether (sulfide) groups is 1. The average Bonchev–Trinajstić information content (AvgIpc) is 2.81. The number of rotatable bonds is 6. The third-order valence-corrected chi connectivity index (χ3v) is 3.99. The van der Waals surface area contributed by atoms with Gasteiger partial charge in [-0.2, -0.15) is 0 Å². The third kappa shape index (κ3) is 4.21. The molecule has 9 heteroatoms. The molecule has 2 heterocycles. The van der Waals surface area contributed by atoms with Crippen LogP contribution in [-0.4, -0.2) is 26.7 Å². The van der Waals surface area contributed by atoms with Gasteiger partial charge in [0, 0.05) is 12.6 Å². The number of hydrogen-bond acceptors (Lipinski definition) is 9. The van der Waals surface area contributed by atoms with E-state index in [4.69, 9.17) is 11.5 Å². The number of nitrogen functional groups attached to an aromatic ring is 2. The van der Waals surface area contributed by atoms with E-state index in [2.05, 4.69) is 32.4 Å². The summed E-state index contributed by atoms with van der Waals surface area (Å²) in [6.07, 6.45) is 1.06. The zero-order valence-corrected chi connectivity index (χ0v) is 12.1. The van der Waals surface area contributed by atoms with E-state index < -0.39 is 0 Å². The van der Waals surface area contributed by atoms with Crippen LogP contribution in [0.3, 0.4) is 0 Å². The smallest absolute Gasteiger partial charge is 0.205 e. The Morgan fingerprint density at radius 3 is 2.68 bits per heavy atom. The Kier molecular flexibility index (Phi) is 4.74. The Labute approximate surface area is 119 Å². The first-order valence-electron chi connectivity index (χ1n) is 5.76. The van der Waals surface area contributed by atoms with Gasteiger partial charge >= 0.3 is 0 Å². The van der Waals surface area contributed by atoms with Crippen molar-refractivity contribution in [1.29, 1.82) is 0 Å². The zero-order chi connectivity index (χ0) is 13.7. The first-order valence-corrected chi connectivity index (χ1v) is 7.56. The van der Waals surface area contributed by atoms with Gasteiger partial charge in [-0.25, -0.2) is 9.97 Å². The standard InChI is InChI=1S/C10H15N7S2/c1-2-3-13-9-17-16-8(19-9)5-18-10-14-6(11)4-7(12)15-10/h4H,2-3,5H2,1H3,(H,13,17)(H4,11,12,14,15). The van der Waals surface area contributed by atoms with Crippen LogP contribution in [0.25, 0.3) is 0 Å². The Bertz CT molecular complexity index is 522. The lowest BCUT2D eigenvalue weighted by Crippen LogP contribution is -1.99. The van der Waals surface area contributed by atoms with Crippen LogP contribution in [0.2, 0.25) is 0 Å². The summed E-state index contributed by atoms with van der Waals surface area (Å²) in [7, 11) is 0. The van der Waals surface area contributed by atoms with Gasteiger partial charge in [0.2, 0.25) is 5.13 Å². The highest BCUT2D eigenvalue weighted by atomic mass is 32.2. The van der Waals surface area contributed by atoms with E-state index in [1.165, 1.54) is 29.2 Å². The molecule has 0 aliphatic rings. The lowest BCUT2D eigenvalue weighted by atomic mass is 10.5. The van der Waals surface area contributed by atoms with Crippen molar-refractivity contribution in [3.63, 3.8) is 0 Å². The van der Waals surface area contributed by atoms with Gasteiger partial charge in [-0.3, -0.25) is 0 Å². The molecular formula is C10H15N7S2. The van der Waals surface area contributed by atoms with Crippen LogP contribution in [0.4, 0.5) is 16.8 Å². The van der Waals surface area contributed by atoms with Crippen molar-refractivity contribution in [3.05, 3.63) is 11.1 Å². The molecule has 2 aromatic rings. The number of nitrogens with zero attached hydrogens (tertiary/aromatic N) is 4. The van der Waals surface area contributed by atoms with Crippen LogP contribution in [-0.2, 0) is 5.75 Å². The number of anilines is 3. The van der Waals surface area contributed by atoms with Crippen LogP contribution in [0.1, 0.15) is 18.4 Å². The van der Waals surface area contributed by atoms with E-state index in [1.807, 2.05) is 0 Å². The summed E-state index contributed by atoms with van der Waals surface area (Å²) >= 11 is 2.97. The summed E-state index contributed by atoms with van der Waals surface area (Å²) in [5.74, 6) is 1.39. The van der Waals surface area contributed by atoms with E-state index in [-0.39, 0.29) is 0 Å². The number of nitrogens with one attached hydrogen (secondary N) is 1. The lowest BCUT2D eigenvalue weighted by Gasteiger charge is -2.00. The second-order valence-corrected chi connectivity index (χ2v) is 5.72. The molecule has 0 spiro atoms. The lowest BCUT2D eigenvalue weighted by molar-refractivity contribution is 0.956. The van der Waals surface area contributed by atoms with Gasteiger partial charge in [0.25, 0.3) is 0 Å². The summed E-state index contributed by atoms with van der Waals surface area (Å²) < 4.78 is 0. The Balaban J connectivity index is 1.92. The molecule has 0 radical (unpaired) electrons. The van der Waals surface area contributed by atoms with Crippen molar-refractivity contribution in [2.24, 2.45) is 0 Å². The van der Waals surface area contributed by atoms with Gasteiger partial charge in [-0.15, -0.1) is 10.2 Å². The molecule has 0 saturated carbocycles. The minimum atomic E-state index is 0.373. The van der Waals surface area contributed by atoms with Crippen LogP contribution < -0.4 is 16.8 Å². The highest BCUT2D eigenvalue weighted by Gasteiger charge is 2.07. The number of hydrogen-bond donors (Lipinski definition) is 3. The molecule has 5 N–H and O–H groups in total. The fourth-order valence-electron chi connectivity index (χ4n) is 1.27. The van der Waals surface area contributed by atoms with Crippen molar-refractivity contribution < 1.29 is 0 Å². The van der Waals surface area contributed by atoms with E-state index in [1.54, 1.807) is 0 Å². The van der Waals surface area contributed by atoms with Gasteiger partial charge in [0.05, 0.1) is 5.75 Å². The average molecular weight is 297 g/mol. The molecule has 7 nitrogen and oxygen atoms in total. The predicted octanol–water partition coefficient (Wildman–Crippen LogP) is 1.61. The van der Waals surface area contributed by atoms with Crippen LogP contribution in [0.5, 0.6) is 0 Å². The Morgan fingerprint density at radius 1 is 1.26 bits per heavy atom.